The fourth-order valence-electron chi connectivity index (χ4n) is 0.987. The molecule has 9 heteroatoms. The van der Waals surface area contributed by atoms with Crippen molar-refractivity contribution in [2.75, 3.05) is 25.9 Å². The first-order valence-corrected chi connectivity index (χ1v) is 6.69. The monoisotopic (exact) mass is 313 g/mol. The van der Waals surface area contributed by atoms with E-state index in [9.17, 15) is 24.0 Å². The van der Waals surface area contributed by atoms with E-state index in [0.717, 1.165) is 16.7 Å². The molecule has 0 aromatic heterocycles. The number of likely N-dealkylation sites (N-methyl/N-ethyl adjacent to an activating group) is 1. The van der Waals surface area contributed by atoms with Crippen molar-refractivity contribution in [3.8, 4) is 11.8 Å². The van der Waals surface area contributed by atoms with E-state index >= 15 is 0 Å². The summed E-state index contributed by atoms with van der Waals surface area (Å²) >= 11 is 0.844. The number of thioether (sulfide) groups is 1. The van der Waals surface area contributed by atoms with Crippen LogP contribution in [-0.2, 0) is 24.0 Å². The standard InChI is InChI=1S/C12H15N3O5S/c1-8(16)21-7-12(20)15(2)6-11(19)14-5-9(17)3-4-10(13)18/h5-7H2,1-2H3,(H2,13,18)(H,14,19). The van der Waals surface area contributed by atoms with Gasteiger partial charge in [0.05, 0.1) is 18.8 Å². The van der Waals surface area contributed by atoms with Gasteiger partial charge in [0.1, 0.15) is 0 Å². The van der Waals surface area contributed by atoms with E-state index in [0.29, 0.717) is 0 Å². The van der Waals surface area contributed by atoms with E-state index in [-0.39, 0.29) is 29.9 Å². The molecule has 0 aromatic rings. The zero-order valence-electron chi connectivity index (χ0n) is 11.6. The molecular formula is C12H15N3O5S. The number of ketones is 1. The summed E-state index contributed by atoms with van der Waals surface area (Å²) in [7, 11) is 1.40. The second-order valence-electron chi connectivity index (χ2n) is 3.84. The maximum Gasteiger partial charge on any atom is 0.293 e. The van der Waals surface area contributed by atoms with Gasteiger partial charge >= 0.3 is 0 Å². The van der Waals surface area contributed by atoms with Crippen LogP contribution in [0.5, 0.6) is 0 Å². The number of Topliss-reactive ketones (excluding diaryl/α,β-unsaturated/α-hetero) is 1. The SMILES string of the molecule is CC(=O)SCC(=O)N(C)CC(=O)NCC(=O)C#CC(N)=O. The van der Waals surface area contributed by atoms with E-state index in [1.807, 2.05) is 11.8 Å². The van der Waals surface area contributed by atoms with Gasteiger partial charge in [-0.05, 0) is 5.92 Å². The summed E-state index contributed by atoms with van der Waals surface area (Å²) in [5.41, 5.74) is 4.72. The number of hydrogen-bond donors (Lipinski definition) is 2. The third-order valence-electron chi connectivity index (χ3n) is 1.98. The van der Waals surface area contributed by atoms with Gasteiger partial charge in [-0.25, -0.2) is 0 Å². The van der Waals surface area contributed by atoms with Crippen molar-refractivity contribution in [1.29, 1.82) is 0 Å². The molecule has 0 rings (SSSR count). The van der Waals surface area contributed by atoms with Gasteiger partial charge in [-0.1, -0.05) is 11.8 Å². The molecule has 0 radical (unpaired) electrons. The molecule has 0 heterocycles. The Bertz CT molecular complexity index is 521. The van der Waals surface area contributed by atoms with E-state index in [1.54, 1.807) is 0 Å². The molecule has 0 bridgehead atoms. The molecule has 0 unspecified atom stereocenters. The lowest BCUT2D eigenvalue weighted by molar-refractivity contribution is -0.133. The molecule has 114 valence electrons. The van der Waals surface area contributed by atoms with Crippen molar-refractivity contribution in [2.24, 2.45) is 5.73 Å². The van der Waals surface area contributed by atoms with E-state index in [1.165, 1.54) is 14.0 Å². The van der Waals surface area contributed by atoms with Crippen LogP contribution in [0.25, 0.3) is 0 Å². The van der Waals surface area contributed by atoms with E-state index < -0.39 is 17.6 Å². The van der Waals surface area contributed by atoms with Crippen LogP contribution in [0.15, 0.2) is 0 Å². The number of nitrogens with one attached hydrogen (secondary N) is 1. The van der Waals surface area contributed by atoms with Crippen LogP contribution in [-0.4, -0.2) is 59.4 Å². The average Bonchev–Trinajstić information content (AvgIpc) is 2.39. The van der Waals surface area contributed by atoms with Gasteiger partial charge in [0.2, 0.25) is 17.6 Å². The zero-order chi connectivity index (χ0) is 16.4. The second-order valence-corrected chi connectivity index (χ2v) is 5.00. The van der Waals surface area contributed by atoms with Crippen molar-refractivity contribution in [1.82, 2.24) is 10.2 Å². The first-order valence-electron chi connectivity index (χ1n) is 5.70. The highest BCUT2D eigenvalue weighted by Crippen LogP contribution is 2.02. The number of hydrogen-bond acceptors (Lipinski definition) is 6. The predicted molar refractivity (Wildman–Crippen MR) is 75.8 cm³/mol. The predicted octanol–water partition coefficient (Wildman–Crippen LogP) is -2.10. The molecule has 0 aliphatic heterocycles. The summed E-state index contributed by atoms with van der Waals surface area (Å²) in [5.74, 6) is 1.17. The van der Waals surface area contributed by atoms with Crippen molar-refractivity contribution in [3.05, 3.63) is 0 Å². The number of carbonyl (C=O) groups is 5. The number of nitrogens with zero attached hydrogens (tertiary/aromatic N) is 1. The topological polar surface area (TPSA) is 127 Å². The van der Waals surface area contributed by atoms with Crippen LogP contribution in [0.3, 0.4) is 0 Å². The lowest BCUT2D eigenvalue weighted by Gasteiger charge is -2.15. The number of carbonyl (C=O) groups excluding carboxylic acids is 5. The van der Waals surface area contributed by atoms with Crippen LogP contribution in [0, 0.1) is 11.8 Å². The summed E-state index contributed by atoms with van der Waals surface area (Å²) in [5, 5.41) is 2.05. The molecular weight excluding hydrogens is 298 g/mol. The number of amides is 3. The Hall–Kier alpha value is -2.34. The van der Waals surface area contributed by atoms with Gasteiger partial charge in [-0.3, -0.25) is 24.0 Å². The maximum atomic E-state index is 11.5. The van der Waals surface area contributed by atoms with Crippen LogP contribution >= 0.6 is 11.8 Å². The minimum Gasteiger partial charge on any atom is -0.359 e. The molecule has 3 N–H and O–H groups in total. The Kier molecular flexibility index (Phi) is 8.48. The molecule has 21 heavy (non-hydrogen) atoms. The molecule has 0 saturated heterocycles. The van der Waals surface area contributed by atoms with Gasteiger partial charge in [0.25, 0.3) is 5.91 Å². The van der Waals surface area contributed by atoms with Gasteiger partial charge in [0, 0.05) is 19.9 Å². The zero-order valence-corrected chi connectivity index (χ0v) is 12.4. The molecule has 8 nitrogen and oxygen atoms in total. The largest absolute Gasteiger partial charge is 0.359 e. The van der Waals surface area contributed by atoms with Gasteiger partial charge in [-0.15, -0.1) is 0 Å². The number of nitrogens with two attached hydrogens (primary N) is 1. The Labute approximate surface area is 125 Å². The fourth-order valence-corrected chi connectivity index (χ4v) is 1.53. The third kappa shape index (κ3) is 10.1. The van der Waals surface area contributed by atoms with Crippen LogP contribution in [0.2, 0.25) is 0 Å². The highest BCUT2D eigenvalue weighted by molar-refractivity contribution is 8.14. The van der Waals surface area contributed by atoms with Crippen LogP contribution in [0.4, 0.5) is 0 Å². The Morgan fingerprint density at radius 2 is 1.81 bits per heavy atom. The van der Waals surface area contributed by atoms with E-state index in [4.69, 9.17) is 5.73 Å². The first-order chi connectivity index (χ1) is 9.72. The molecule has 0 aromatic carbocycles. The minimum atomic E-state index is -0.942. The Balaban J connectivity index is 4.12. The van der Waals surface area contributed by atoms with Gasteiger partial charge < -0.3 is 16.0 Å². The summed E-state index contributed by atoms with van der Waals surface area (Å²) in [6.07, 6.45) is 0. The Morgan fingerprint density at radius 1 is 1.19 bits per heavy atom. The fraction of sp³-hybridized carbons (Fsp3) is 0.417. The third-order valence-corrected chi connectivity index (χ3v) is 2.77. The molecule has 0 aliphatic rings. The normalized spacial score (nSPS) is 9.05. The molecule has 0 saturated carbocycles. The quantitative estimate of drug-likeness (QED) is 0.427. The van der Waals surface area contributed by atoms with Crippen LogP contribution < -0.4 is 11.1 Å². The van der Waals surface area contributed by atoms with Crippen molar-refractivity contribution >= 4 is 40.4 Å². The molecule has 0 spiro atoms. The molecule has 0 fully saturated rings. The molecule has 0 atom stereocenters. The van der Waals surface area contributed by atoms with Gasteiger partial charge in [-0.2, -0.15) is 0 Å². The highest BCUT2D eigenvalue weighted by Gasteiger charge is 2.14. The summed E-state index contributed by atoms with van der Waals surface area (Å²) in [6, 6.07) is 0. The molecule has 3 amide bonds. The van der Waals surface area contributed by atoms with E-state index in [2.05, 4.69) is 5.32 Å². The smallest absolute Gasteiger partial charge is 0.293 e. The number of rotatable bonds is 6. The minimum absolute atomic E-state index is 0.0534. The highest BCUT2D eigenvalue weighted by atomic mass is 32.2. The van der Waals surface area contributed by atoms with Gasteiger partial charge in [0.15, 0.2) is 5.12 Å². The second kappa shape index (κ2) is 9.55. The van der Waals surface area contributed by atoms with Crippen LogP contribution in [0.1, 0.15) is 6.92 Å². The molecule has 0 aliphatic carbocycles. The Morgan fingerprint density at radius 3 is 2.33 bits per heavy atom. The van der Waals surface area contributed by atoms with Crippen molar-refractivity contribution < 1.29 is 24.0 Å². The summed E-state index contributed by atoms with van der Waals surface area (Å²) < 4.78 is 0. The first kappa shape index (κ1) is 18.7. The summed E-state index contributed by atoms with van der Waals surface area (Å²) in [6.45, 7) is 0.695. The van der Waals surface area contributed by atoms with Crippen molar-refractivity contribution in [3.63, 3.8) is 0 Å². The number of primary amides is 1. The average molecular weight is 313 g/mol. The maximum absolute atomic E-state index is 11.5. The summed E-state index contributed by atoms with van der Waals surface area (Å²) in [4.78, 5) is 56.3. The lowest BCUT2D eigenvalue weighted by atomic mass is 10.3. The van der Waals surface area contributed by atoms with Crippen molar-refractivity contribution in [2.45, 2.75) is 6.92 Å². The lowest BCUT2D eigenvalue weighted by Crippen LogP contribution is -2.40.